The van der Waals surface area contributed by atoms with Crippen LogP contribution < -0.4 is 20.4 Å². The minimum absolute atomic E-state index is 0. The van der Waals surface area contributed by atoms with Crippen LogP contribution in [0.3, 0.4) is 0 Å². The Morgan fingerprint density at radius 1 is 0.448 bits per heavy atom. The van der Waals surface area contributed by atoms with Crippen molar-refractivity contribution < 1.29 is 81.7 Å². The predicted octanol–water partition coefficient (Wildman–Crippen LogP) is -6.96. The summed E-state index contributed by atoms with van der Waals surface area (Å²) in [5.74, 6) is -5.36. The molecule has 0 heterocycles. The van der Waals surface area contributed by atoms with Crippen LogP contribution in [0.2, 0.25) is 0 Å². The zero-order valence-electron chi connectivity index (χ0n) is 15.2. The maximum absolute atomic E-state index is 9.72. The van der Waals surface area contributed by atoms with Gasteiger partial charge >= 0.3 is 21.7 Å². The molecule has 4 aliphatic carbocycles. The molecule has 29 heavy (non-hydrogen) atoms. The van der Waals surface area contributed by atoms with Gasteiger partial charge in [0.15, 0.2) is 0 Å². The Bertz CT molecular complexity index is 532. The smallest absolute Gasteiger partial charge is 0.547 e. The molecule has 0 radical (unpaired) electrons. The molecule has 0 aromatic carbocycles. The maximum atomic E-state index is 9.72. The number of aliphatic hydroxyl groups is 4. The Morgan fingerprint density at radius 3 is 0.552 bits per heavy atom. The van der Waals surface area contributed by atoms with Crippen molar-refractivity contribution >= 4 is 23.9 Å². The fourth-order valence-electron chi connectivity index (χ4n) is 1.29. The number of hydrogen-bond donors (Lipinski definition) is 4. The van der Waals surface area contributed by atoms with Crippen molar-refractivity contribution in [2.45, 2.75) is 73.8 Å². The SMILES string of the molecule is O=C([O-])C1(O)CC1.O=C([O-])C1(O)CC1.O=C([O-])C1(O)CC1.O=C([O-])C1(O)CC1.[Ti+4]. The third-order valence-electron chi connectivity index (χ3n) is 4.41. The van der Waals surface area contributed by atoms with E-state index in [4.69, 9.17) is 20.4 Å². The van der Waals surface area contributed by atoms with Gasteiger partial charge in [-0.15, -0.1) is 0 Å². The van der Waals surface area contributed by atoms with Crippen molar-refractivity contribution in [2.75, 3.05) is 0 Å². The van der Waals surface area contributed by atoms with Crippen molar-refractivity contribution in [3.8, 4) is 0 Å². The van der Waals surface area contributed by atoms with Crippen LogP contribution in [0.5, 0.6) is 0 Å². The van der Waals surface area contributed by atoms with E-state index in [1.165, 1.54) is 0 Å². The predicted molar refractivity (Wildman–Crippen MR) is 76.8 cm³/mol. The van der Waals surface area contributed by atoms with Gasteiger partial charge in [0.05, 0.1) is 23.9 Å². The van der Waals surface area contributed by atoms with Crippen LogP contribution in [0.4, 0.5) is 0 Å². The van der Waals surface area contributed by atoms with Crippen LogP contribution >= 0.6 is 0 Å². The van der Waals surface area contributed by atoms with E-state index in [0.717, 1.165) is 0 Å². The fraction of sp³-hybridized carbons (Fsp3) is 0.750. The molecule has 4 N–H and O–H groups in total. The number of rotatable bonds is 4. The van der Waals surface area contributed by atoms with Gasteiger partial charge in [-0.3, -0.25) is 0 Å². The van der Waals surface area contributed by atoms with E-state index in [1.54, 1.807) is 0 Å². The maximum Gasteiger partial charge on any atom is 4.00 e. The molecule has 0 aromatic rings. The van der Waals surface area contributed by atoms with Gasteiger partial charge in [-0.2, -0.15) is 0 Å². The van der Waals surface area contributed by atoms with Crippen LogP contribution in [-0.4, -0.2) is 66.7 Å². The van der Waals surface area contributed by atoms with Gasteiger partial charge in [0.1, 0.15) is 22.4 Å². The van der Waals surface area contributed by atoms with E-state index >= 15 is 0 Å². The fourth-order valence-corrected chi connectivity index (χ4v) is 1.29. The summed E-state index contributed by atoms with van der Waals surface area (Å²) >= 11 is 0. The third kappa shape index (κ3) is 8.76. The number of carbonyl (C=O) groups excluding carboxylic acids is 4. The summed E-state index contributed by atoms with van der Waals surface area (Å²) in [6.45, 7) is 0. The molecule has 160 valence electrons. The van der Waals surface area contributed by atoms with Crippen molar-refractivity contribution in [1.82, 2.24) is 0 Å². The van der Waals surface area contributed by atoms with Gasteiger partial charge in [-0.05, 0) is 51.4 Å². The summed E-state index contributed by atoms with van der Waals surface area (Å²) in [6, 6.07) is 0. The van der Waals surface area contributed by atoms with Gasteiger partial charge in [0.2, 0.25) is 0 Å². The van der Waals surface area contributed by atoms with Gasteiger partial charge in [-0.1, -0.05) is 0 Å². The Morgan fingerprint density at radius 2 is 0.552 bits per heavy atom. The Hall–Kier alpha value is -1.57. The van der Waals surface area contributed by atoms with Crippen LogP contribution in [-0.2, 0) is 40.9 Å². The summed E-state index contributed by atoms with van der Waals surface area (Å²) < 4.78 is 0. The molecule has 13 heteroatoms. The van der Waals surface area contributed by atoms with Crippen LogP contribution in [0.15, 0.2) is 0 Å². The van der Waals surface area contributed by atoms with Crippen molar-refractivity contribution in [2.24, 2.45) is 0 Å². The molecule has 0 saturated heterocycles. The second kappa shape index (κ2) is 9.50. The Kier molecular flexibility index (Phi) is 8.98. The van der Waals surface area contributed by atoms with Gasteiger partial charge in [0, 0.05) is 0 Å². The van der Waals surface area contributed by atoms with Gasteiger partial charge < -0.3 is 60.0 Å². The van der Waals surface area contributed by atoms with E-state index in [-0.39, 0.29) is 21.7 Å². The van der Waals surface area contributed by atoms with Crippen molar-refractivity contribution in [3.05, 3.63) is 0 Å². The molecule has 0 atom stereocenters. The molecule has 0 bridgehead atoms. The largest absolute Gasteiger partial charge is 4.00 e. The first-order chi connectivity index (χ1) is 12.6. The first kappa shape index (κ1) is 27.4. The molecule has 0 aliphatic heterocycles. The second-order valence-electron chi connectivity index (χ2n) is 7.28. The zero-order valence-corrected chi connectivity index (χ0v) is 16.8. The van der Waals surface area contributed by atoms with Crippen molar-refractivity contribution in [1.29, 1.82) is 0 Å². The monoisotopic (exact) mass is 452 g/mol. The molecular weight excluding hydrogens is 432 g/mol. The number of carboxylic acid groups (broad SMARTS) is 4. The molecular formula is C16H20O12Ti. The average Bonchev–Trinajstić information content (AvgIpc) is 3.36. The zero-order chi connectivity index (χ0) is 22.0. The Balaban J connectivity index is 0.000000356. The summed E-state index contributed by atoms with van der Waals surface area (Å²) in [7, 11) is 0. The molecule has 4 saturated carbocycles. The number of hydrogen-bond acceptors (Lipinski definition) is 12. The number of carbonyl (C=O) groups is 4. The molecule has 4 fully saturated rings. The molecule has 0 aromatic heterocycles. The summed E-state index contributed by atoms with van der Waals surface area (Å²) in [4.78, 5) is 38.9. The second-order valence-corrected chi connectivity index (χ2v) is 7.28. The quantitative estimate of drug-likeness (QED) is 0.291. The standard InChI is InChI=1S/4C4H6O3.Ti/c4*5-3(6)4(7)1-2-4;/h4*7H,1-2H2,(H,5,6);/q;;;;+4/p-4. The first-order valence-electron chi connectivity index (χ1n) is 8.36. The van der Waals surface area contributed by atoms with E-state index in [0.29, 0.717) is 51.4 Å². The number of aliphatic carboxylic acids is 4. The van der Waals surface area contributed by atoms with E-state index in [1.807, 2.05) is 0 Å². The molecule has 0 amide bonds. The Labute approximate surface area is 179 Å². The van der Waals surface area contributed by atoms with E-state index in [9.17, 15) is 39.6 Å². The summed E-state index contributed by atoms with van der Waals surface area (Å²) in [6.07, 6.45) is 2.85. The molecule has 12 nitrogen and oxygen atoms in total. The molecule has 0 spiro atoms. The molecule has 4 aliphatic rings. The summed E-state index contributed by atoms with van der Waals surface area (Å²) in [5, 5.41) is 73.1. The van der Waals surface area contributed by atoms with Crippen LogP contribution in [0.1, 0.15) is 51.4 Å². The van der Waals surface area contributed by atoms with Crippen molar-refractivity contribution in [3.63, 3.8) is 0 Å². The topological polar surface area (TPSA) is 241 Å². The van der Waals surface area contributed by atoms with Gasteiger partial charge in [0.25, 0.3) is 0 Å². The third-order valence-corrected chi connectivity index (χ3v) is 4.41. The molecule has 0 unspecified atom stereocenters. The van der Waals surface area contributed by atoms with E-state index in [2.05, 4.69) is 0 Å². The normalized spacial score (nSPS) is 23.3. The first-order valence-corrected chi connectivity index (χ1v) is 8.36. The summed E-state index contributed by atoms with van der Waals surface area (Å²) in [5.41, 5.74) is -5.78. The molecule has 4 rings (SSSR count). The number of carboxylic acids is 4. The van der Waals surface area contributed by atoms with Crippen LogP contribution in [0.25, 0.3) is 0 Å². The van der Waals surface area contributed by atoms with Gasteiger partial charge in [-0.25, -0.2) is 0 Å². The van der Waals surface area contributed by atoms with E-state index < -0.39 is 46.3 Å². The minimum Gasteiger partial charge on any atom is -0.547 e. The average molecular weight is 452 g/mol. The minimum atomic E-state index is -1.44. The van der Waals surface area contributed by atoms with Crippen LogP contribution in [0, 0.1) is 0 Å².